The lowest BCUT2D eigenvalue weighted by atomic mass is 9.68. The first-order valence-corrected chi connectivity index (χ1v) is 14.9. The fourth-order valence-corrected chi connectivity index (χ4v) is 6.52. The van der Waals surface area contributed by atoms with Crippen molar-refractivity contribution >= 4 is 29.2 Å². The highest BCUT2D eigenvalue weighted by molar-refractivity contribution is 6.22. The van der Waals surface area contributed by atoms with E-state index < -0.39 is 89.6 Å². The van der Waals surface area contributed by atoms with Gasteiger partial charge in [0.05, 0.1) is 53.7 Å². The molecule has 2 heterocycles. The summed E-state index contributed by atoms with van der Waals surface area (Å²) in [6, 6.07) is 9.08. The Morgan fingerprint density at radius 1 is 0.959 bits per heavy atom. The zero-order valence-electron chi connectivity index (χ0n) is 25.3. The second-order valence-electron chi connectivity index (χ2n) is 11.8. The van der Waals surface area contributed by atoms with Crippen LogP contribution in [-0.4, -0.2) is 56.5 Å². The van der Waals surface area contributed by atoms with Crippen molar-refractivity contribution in [1.29, 1.82) is 0 Å². The molecule has 0 saturated carbocycles. The highest BCUT2D eigenvalue weighted by atomic mass is 19.4. The van der Waals surface area contributed by atoms with Crippen LogP contribution in [0.3, 0.4) is 0 Å². The number of phenolic OH excluding ortho intramolecular Hbond substituents is 1. The van der Waals surface area contributed by atoms with E-state index in [-0.39, 0.29) is 53.5 Å². The Kier molecular flexibility index (Phi) is 10.00. The normalized spacial score (nSPS) is 21.0. The number of nitrogens with zero attached hydrogens (tertiary/aromatic N) is 2. The lowest BCUT2D eigenvalue weighted by molar-refractivity contribution is -0.143. The second kappa shape index (κ2) is 13.7. The summed E-state index contributed by atoms with van der Waals surface area (Å²) in [6.45, 7) is -1.58. The summed E-state index contributed by atoms with van der Waals surface area (Å²) in [6.07, 6.45) is -9.27. The summed E-state index contributed by atoms with van der Waals surface area (Å²) in [4.78, 5) is 31.7. The Balaban J connectivity index is 1.47. The molecule has 1 aliphatic carbocycles. The van der Waals surface area contributed by atoms with Crippen LogP contribution in [0.25, 0.3) is 11.6 Å². The van der Waals surface area contributed by atoms with E-state index in [1.165, 1.54) is 12.3 Å². The molecule has 4 N–H and O–H groups in total. The van der Waals surface area contributed by atoms with Crippen molar-refractivity contribution in [3.05, 3.63) is 100 Å². The number of amides is 2. The summed E-state index contributed by atoms with van der Waals surface area (Å²) in [5.41, 5.74) is -3.00. The molecule has 1 aromatic heterocycles. The van der Waals surface area contributed by atoms with E-state index >= 15 is 0 Å². The van der Waals surface area contributed by atoms with Crippen molar-refractivity contribution in [2.45, 2.75) is 37.7 Å². The molecule has 4 atom stereocenters. The summed E-state index contributed by atoms with van der Waals surface area (Å²) >= 11 is 0. The average molecular weight is 695 g/mol. The van der Waals surface area contributed by atoms with Gasteiger partial charge in [-0.1, -0.05) is 12.1 Å². The molecular formula is C34H29F7N2O6. The molecule has 2 amide bonds. The molecule has 5 rings (SSSR count). The van der Waals surface area contributed by atoms with Gasteiger partial charge in [0, 0.05) is 12.1 Å². The zero-order chi connectivity index (χ0) is 35.8. The molecule has 8 nitrogen and oxygen atoms in total. The van der Waals surface area contributed by atoms with Crippen molar-refractivity contribution in [2.24, 2.45) is 17.8 Å². The molecule has 1 aliphatic heterocycles. The van der Waals surface area contributed by atoms with Gasteiger partial charge in [0.15, 0.2) is 11.6 Å². The highest BCUT2D eigenvalue weighted by Gasteiger charge is 2.55. The van der Waals surface area contributed by atoms with E-state index in [1.807, 2.05) is 0 Å². The van der Waals surface area contributed by atoms with Gasteiger partial charge in [-0.3, -0.25) is 14.6 Å². The first kappa shape index (κ1) is 35.7. The molecule has 0 bridgehead atoms. The van der Waals surface area contributed by atoms with Gasteiger partial charge in [-0.25, -0.2) is 9.29 Å². The molecule has 2 aromatic carbocycles. The number of aromatic nitrogens is 1. The summed E-state index contributed by atoms with van der Waals surface area (Å²) < 4.78 is 95.5. The number of rotatable bonds is 9. The third-order valence-corrected chi connectivity index (χ3v) is 8.75. The van der Waals surface area contributed by atoms with Crippen LogP contribution >= 0.6 is 0 Å². The van der Waals surface area contributed by atoms with E-state index in [4.69, 9.17) is 0 Å². The van der Waals surface area contributed by atoms with E-state index in [2.05, 4.69) is 4.98 Å². The average Bonchev–Trinajstić information content (AvgIpc) is 3.31. The van der Waals surface area contributed by atoms with Crippen LogP contribution in [0.2, 0.25) is 0 Å². The predicted octanol–water partition coefficient (Wildman–Crippen LogP) is 5.75. The maximum absolute atomic E-state index is 14.1. The van der Waals surface area contributed by atoms with E-state index in [9.17, 15) is 60.7 Å². The number of hydrogen-bond acceptors (Lipinski definition) is 7. The molecular weight excluding hydrogens is 665 g/mol. The van der Waals surface area contributed by atoms with Crippen molar-refractivity contribution in [2.75, 3.05) is 18.1 Å². The number of carbonyl (C=O) groups is 2. The molecule has 2 aliphatic rings. The van der Waals surface area contributed by atoms with Crippen molar-refractivity contribution in [1.82, 2.24) is 4.98 Å². The minimum absolute atomic E-state index is 0.0188. The Bertz CT molecular complexity index is 1770. The van der Waals surface area contributed by atoms with Crippen molar-refractivity contribution < 1.29 is 60.7 Å². The molecule has 260 valence electrons. The lowest BCUT2D eigenvalue weighted by Gasteiger charge is -2.36. The molecule has 0 radical (unpaired) electrons. The van der Waals surface area contributed by atoms with Gasteiger partial charge in [0.25, 0.3) is 0 Å². The SMILES string of the molecule is O=C1[C@@H]2[C@@H](CC(CO)=C([C@H](O)CC/C(=C/c3ccc(O)c(F)c3)c3ccccn3)[C@@H]2CO)C(=O)N1c1cc(C(F)(F)F)cc(C(F)(F)F)c1. The Morgan fingerprint density at radius 2 is 1.63 bits per heavy atom. The van der Waals surface area contributed by atoms with Crippen LogP contribution in [-0.2, 0) is 21.9 Å². The lowest BCUT2D eigenvalue weighted by Crippen LogP contribution is -2.39. The van der Waals surface area contributed by atoms with E-state index in [0.717, 1.165) is 12.1 Å². The Labute approximate surface area is 274 Å². The number of imide groups is 1. The Morgan fingerprint density at radius 3 is 2.18 bits per heavy atom. The van der Waals surface area contributed by atoms with Crippen molar-refractivity contribution in [3.8, 4) is 5.75 Å². The monoisotopic (exact) mass is 694 g/mol. The van der Waals surface area contributed by atoms with Crippen LogP contribution in [0.1, 0.15) is 41.6 Å². The number of allylic oxidation sites excluding steroid dienone is 1. The van der Waals surface area contributed by atoms with E-state index in [1.54, 1.807) is 24.3 Å². The number of halogens is 7. The van der Waals surface area contributed by atoms with Crippen LogP contribution in [0.4, 0.5) is 36.4 Å². The topological polar surface area (TPSA) is 131 Å². The van der Waals surface area contributed by atoms with Crippen molar-refractivity contribution in [3.63, 3.8) is 0 Å². The number of alkyl halides is 6. The number of fused-ring (bicyclic) bond motifs is 1. The summed E-state index contributed by atoms with van der Waals surface area (Å²) in [7, 11) is 0. The largest absolute Gasteiger partial charge is 0.505 e. The predicted molar refractivity (Wildman–Crippen MR) is 161 cm³/mol. The smallest absolute Gasteiger partial charge is 0.416 e. The van der Waals surface area contributed by atoms with Gasteiger partial charge >= 0.3 is 12.4 Å². The third kappa shape index (κ3) is 7.23. The number of aliphatic hydroxyl groups excluding tert-OH is 3. The maximum atomic E-state index is 14.1. The first-order valence-electron chi connectivity index (χ1n) is 14.9. The number of pyridine rings is 1. The van der Waals surface area contributed by atoms with Gasteiger partial charge in [-0.2, -0.15) is 26.3 Å². The van der Waals surface area contributed by atoms with Gasteiger partial charge in [0.1, 0.15) is 0 Å². The van der Waals surface area contributed by atoms with Gasteiger partial charge in [-0.05, 0) is 90.1 Å². The molecule has 49 heavy (non-hydrogen) atoms. The summed E-state index contributed by atoms with van der Waals surface area (Å²) in [5, 5.41) is 41.7. The molecule has 0 unspecified atom stereocenters. The molecule has 15 heteroatoms. The second-order valence-corrected chi connectivity index (χ2v) is 11.8. The number of carbonyl (C=O) groups excluding carboxylic acids is 2. The standard InChI is InChI=1S/C34H29F7N2O6/c35-25-10-17(4-6-27(25)46)9-18(26-3-1-2-8-42-26)5-7-28(47)29-19(15-44)11-23-30(24(29)16-45)32(49)43(31(23)48)22-13-20(33(36,37)38)12-21(14-22)34(39,40)41/h1-4,6,8-10,12-14,23-24,28,30,44-47H,5,7,11,15-16H2/b18-9-/t23-,24+,28-,30-/m1/s1. The number of hydrogen-bond donors (Lipinski definition) is 4. The molecule has 1 fully saturated rings. The molecule has 1 saturated heterocycles. The number of benzene rings is 2. The maximum Gasteiger partial charge on any atom is 0.416 e. The fraction of sp³-hybridized carbons (Fsp3) is 0.324. The first-order chi connectivity index (χ1) is 23.0. The molecule has 3 aromatic rings. The minimum Gasteiger partial charge on any atom is -0.505 e. The Hall–Kier alpha value is -4.60. The molecule has 0 spiro atoms. The number of phenols is 1. The number of aromatic hydroxyl groups is 1. The number of anilines is 1. The number of aliphatic hydroxyl groups is 3. The van der Waals surface area contributed by atoms with E-state index in [0.29, 0.717) is 16.8 Å². The highest BCUT2D eigenvalue weighted by Crippen LogP contribution is 2.48. The third-order valence-electron chi connectivity index (χ3n) is 8.75. The van der Waals surface area contributed by atoms with Crippen LogP contribution in [0.15, 0.2) is 71.9 Å². The summed E-state index contributed by atoms with van der Waals surface area (Å²) in [5.74, 6) is -7.84. The quantitative estimate of drug-likeness (QED) is 0.128. The zero-order valence-corrected chi connectivity index (χ0v) is 25.3. The van der Waals surface area contributed by atoms with Gasteiger partial charge in [0.2, 0.25) is 11.8 Å². The van der Waals surface area contributed by atoms with Crippen LogP contribution < -0.4 is 4.90 Å². The van der Waals surface area contributed by atoms with Crippen LogP contribution in [0, 0.1) is 23.6 Å². The van der Waals surface area contributed by atoms with Crippen LogP contribution in [0.5, 0.6) is 5.75 Å². The van der Waals surface area contributed by atoms with Gasteiger partial charge in [-0.15, -0.1) is 0 Å². The fourth-order valence-electron chi connectivity index (χ4n) is 6.52. The van der Waals surface area contributed by atoms with Gasteiger partial charge < -0.3 is 20.4 Å². The minimum atomic E-state index is -5.25.